The number of phenols is 2. The van der Waals surface area contributed by atoms with Gasteiger partial charge in [-0.05, 0) is 80.6 Å². The summed E-state index contributed by atoms with van der Waals surface area (Å²) < 4.78 is 0. The van der Waals surface area contributed by atoms with Crippen LogP contribution in [0.5, 0.6) is 11.5 Å². The van der Waals surface area contributed by atoms with Crippen LogP contribution in [0.25, 0.3) is 44.6 Å². The Balaban J connectivity index is 0.000000171. The fraction of sp³-hybridized carbons (Fsp3) is 0.310. The Morgan fingerprint density at radius 3 is 1.57 bits per heavy atom. The number of fused-ring (bicyclic) bond motifs is 2. The average molecular weight is 727 g/mol. The summed E-state index contributed by atoms with van der Waals surface area (Å²) in [6.45, 7) is 5.03. The molecule has 2 aromatic heterocycles. The summed E-state index contributed by atoms with van der Waals surface area (Å²) in [5.41, 5.74) is 8.99. The third kappa shape index (κ3) is 8.04. The van der Waals surface area contributed by atoms with E-state index in [1.807, 2.05) is 72.8 Å². The van der Waals surface area contributed by atoms with Gasteiger partial charge in [0.1, 0.15) is 29.2 Å². The molecule has 8 rings (SSSR count). The van der Waals surface area contributed by atoms with Crippen LogP contribution in [-0.2, 0) is 4.79 Å². The number of piperidine rings is 2. The van der Waals surface area contributed by atoms with Crippen molar-refractivity contribution in [3.05, 3.63) is 97.1 Å². The van der Waals surface area contributed by atoms with Gasteiger partial charge in [-0.3, -0.25) is 4.79 Å². The zero-order chi connectivity index (χ0) is 37.6. The van der Waals surface area contributed by atoms with Crippen molar-refractivity contribution in [2.45, 2.75) is 57.2 Å². The number of aliphatic hydroxyl groups excluding tert-OH is 1. The predicted octanol–water partition coefficient (Wildman–Crippen LogP) is 5.79. The second-order valence-corrected chi connectivity index (χ2v) is 13.8. The zero-order valence-electron chi connectivity index (χ0n) is 30.3. The number of rotatable bonds is 7. The van der Waals surface area contributed by atoms with E-state index in [1.165, 1.54) is 0 Å². The molecule has 6 aromatic rings. The number of benzene rings is 4. The summed E-state index contributed by atoms with van der Waals surface area (Å²) in [5.74, 6) is 2.84. The second-order valence-electron chi connectivity index (χ2n) is 13.8. The molecule has 0 unspecified atom stereocenters. The van der Waals surface area contributed by atoms with Crippen LogP contribution < -0.4 is 20.9 Å². The first kappa shape index (κ1) is 36.5. The van der Waals surface area contributed by atoms with E-state index in [0.29, 0.717) is 29.2 Å². The molecule has 12 heteroatoms. The Bertz CT molecular complexity index is 2230. The van der Waals surface area contributed by atoms with Crippen LogP contribution in [0.1, 0.15) is 39.0 Å². The molecule has 1 amide bonds. The van der Waals surface area contributed by atoms with Crippen LogP contribution in [0.3, 0.4) is 0 Å². The van der Waals surface area contributed by atoms with Crippen LogP contribution >= 0.6 is 0 Å². The quantitative estimate of drug-likeness (QED) is 0.135. The van der Waals surface area contributed by atoms with Crippen molar-refractivity contribution in [3.8, 4) is 34.3 Å². The lowest BCUT2D eigenvalue weighted by molar-refractivity contribution is -0.130. The van der Waals surface area contributed by atoms with Crippen molar-refractivity contribution in [1.82, 2.24) is 25.3 Å². The highest BCUT2D eigenvalue weighted by molar-refractivity contribution is 5.92. The maximum atomic E-state index is 12.0. The molecule has 0 bridgehead atoms. The van der Waals surface area contributed by atoms with Gasteiger partial charge in [-0.2, -0.15) is 0 Å². The van der Waals surface area contributed by atoms with Crippen molar-refractivity contribution < 1.29 is 20.1 Å². The second kappa shape index (κ2) is 16.4. The maximum Gasteiger partial charge on any atom is 0.249 e. The number of hydrogen-bond acceptors (Lipinski definition) is 11. The van der Waals surface area contributed by atoms with E-state index >= 15 is 0 Å². The molecule has 4 heterocycles. The molecule has 278 valence electrons. The Hall–Kier alpha value is -5.85. The van der Waals surface area contributed by atoms with Gasteiger partial charge >= 0.3 is 0 Å². The number of para-hydroxylation sites is 4. The number of anilines is 2. The fourth-order valence-electron chi connectivity index (χ4n) is 7.00. The molecule has 0 aliphatic carbocycles. The lowest BCUT2D eigenvalue weighted by atomic mass is 10.0. The molecule has 54 heavy (non-hydrogen) atoms. The van der Waals surface area contributed by atoms with Crippen LogP contribution in [0, 0.1) is 0 Å². The minimum Gasteiger partial charge on any atom is -0.507 e. The van der Waals surface area contributed by atoms with Crippen molar-refractivity contribution >= 4 is 39.3 Å². The van der Waals surface area contributed by atoms with E-state index < -0.39 is 6.10 Å². The minimum absolute atomic E-state index is 0.0423. The van der Waals surface area contributed by atoms with Gasteiger partial charge in [0, 0.05) is 49.0 Å². The van der Waals surface area contributed by atoms with Gasteiger partial charge in [0.15, 0.2) is 11.6 Å². The average Bonchev–Trinajstić information content (AvgIpc) is 3.21. The van der Waals surface area contributed by atoms with Gasteiger partial charge in [0.05, 0.1) is 22.2 Å². The normalized spacial score (nSPS) is 15.8. The van der Waals surface area contributed by atoms with Crippen molar-refractivity contribution in [1.29, 1.82) is 0 Å². The van der Waals surface area contributed by atoms with Crippen molar-refractivity contribution in [2.24, 2.45) is 5.73 Å². The summed E-state index contributed by atoms with van der Waals surface area (Å²) in [4.78, 5) is 35.4. The number of carbonyl (C=O) groups excluding carboxylic acids is 1. The standard InChI is InChI=1S/C23H26N4O3.C19H20N4O/c1-2-19(28)23(30)24-15-11-13-27(14-12-15)22-16-7-3-5-9-18(16)25-21(26-22)17-8-4-6-10-20(17)29;20-13-9-11-23(12-10-13)19-14-5-1-3-7-16(14)21-18(22-19)15-6-2-4-8-17(15)24/h3-10,15,19,28-29H,2,11-14H2,1H3,(H,24,30);1-8,13,24H,9-12,20H2/t19-;/m1./s1. The van der Waals surface area contributed by atoms with Gasteiger partial charge in [-0.1, -0.05) is 55.5 Å². The molecule has 2 fully saturated rings. The molecule has 0 spiro atoms. The molecule has 1 atom stereocenters. The van der Waals surface area contributed by atoms with E-state index in [4.69, 9.17) is 15.7 Å². The van der Waals surface area contributed by atoms with Crippen LogP contribution in [-0.4, -0.2) is 85.5 Å². The highest BCUT2D eigenvalue weighted by Gasteiger charge is 2.26. The van der Waals surface area contributed by atoms with Crippen molar-refractivity contribution in [3.63, 3.8) is 0 Å². The molecule has 12 nitrogen and oxygen atoms in total. The molecular weight excluding hydrogens is 681 g/mol. The van der Waals surface area contributed by atoms with Crippen LogP contribution in [0.15, 0.2) is 97.1 Å². The number of aromatic hydroxyl groups is 2. The Kier molecular flexibility index (Phi) is 11.1. The SMILES string of the molecule is CC[C@@H](O)C(=O)NC1CCN(c2nc(-c3ccccc3O)nc3ccccc23)CC1.NC1CCN(c2nc(-c3ccccc3O)nc3ccccc23)CC1. The summed E-state index contributed by atoms with van der Waals surface area (Å²) in [6, 6.07) is 30.4. The van der Waals surface area contributed by atoms with Gasteiger partial charge in [0.25, 0.3) is 0 Å². The van der Waals surface area contributed by atoms with Gasteiger partial charge in [0.2, 0.25) is 5.91 Å². The number of aliphatic hydroxyl groups is 1. The van der Waals surface area contributed by atoms with Gasteiger partial charge in [-0.25, -0.2) is 19.9 Å². The third-order valence-electron chi connectivity index (χ3n) is 10.1. The molecular formula is C42H46N8O4. The number of nitrogens with two attached hydrogens (primary N) is 1. The molecule has 4 aromatic carbocycles. The lowest BCUT2D eigenvalue weighted by Gasteiger charge is -2.34. The Morgan fingerprint density at radius 2 is 1.11 bits per heavy atom. The highest BCUT2D eigenvalue weighted by atomic mass is 16.3. The number of carbonyl (C=O) groups is 1. The molecule has 2 aliphatic rings. The monoisotopic (exact) mass is 726 g/mol. The first-order valence-electron chi connectivity index (χ1n) is 18.6. The summed E-state index contributed by atoms with van der Waals surface area (Å²) in [7, 11) is 0. The number of nitrogens with one attached hydrogen (secondary N) is 1. The lowest BCUT2D eigenvalue weighted by Crippen LogP contribution is -2.47. The molecule has 0 radical (unpaired) electrons. The molecule has 2 aliphatic heterocycles. The minimum atomic E-state index is -0.949. The van der Waals surface area contributed by atoms with E-state index in [0.717, 1.165) is 85.3 Å². The van der Waals surface area contributed by atoms with Crippen LogP contribution in [0.2, 0.25) is 0 Å². The number of aromatic nitrogens is 4. The maximum absolute atomic E-state index is 12.0. The predicted molar refractivity (Wildman–Crippen MR) is 212 cm³/mol. The smallest absolute Gasteiger partial charge is 0.249 e. The Morgan fingerprint density at radius 1 is 0.685 bits per heavy atom. The number of amides is 1. The number of hydrogen-bond donors (Lipinski definition) is 5. The number of phenolic OH excluding ortho intramolecular Hbond substituents is 2. The number of nitrogens with zero attached hydrogens (tertiary/aromatic N) is 6. The third-order valence-corrected chi connectivity index (χ3v) is 10.1. The van der Waals surface area contributed by atoms with E-state index in [-0.39, 0.29) is 29.5 Å². The first-order chi connectivity index (χ1) is 26.3. The van der Waals surface area contributed by atoms with E-state index in [2.05, 4.69) is 25.1 Å². The van der Waals surface area contributed by atoms with E-state index in [9.17, 15) is 20.1 Å². The topological polar surface area (TPSA) is 174 Å². The first-order valence-corrected chi connectivity index (χ1v) is 18.6. The summed E-state index contributed by atoms with van der Waals surface area (Å²) in [6.07, 6.45) is 2.93. The fourth-order valence-corrected chi connectivity index (χ4v) is 7.00. The largest absolute Gasteiger partial charge is 0.507 e. The van der Waals surface area contributed by atoms with E-state index in [1.54, 1.807) is 31.2 Å². The van der Waals surface area contributed by atoms with Crippen molar-refractivity contribution in [2.75, 3.05) is 36.0 Å². The summed E-state index contributed by atoms with van der Waals surface area (Å²) >= 11 is 0. The van der Waals surface area contributed by atoms with Gasteiger partial charge < -0.3 is 36.2 Å². The van der Waals surface area contributed by atoms with Gasteiger partial charge in [-0.15, -0.1) is 0 Å². The molecule has 6 N–H and O–H groups in total. The highest BCUT2D eigenvalue weighted by Crippen LogP contribution is 2.34. The van der Waals surface area contributed by atoms with Crippen LogP contribution in [0.4, 0.5) is 11.6 Å². The Labute approximate surface area is 314 Å². The zero-order valence-corrected chi connectivity index (χ0v) is 30.3. The molecule has 0 saturated carbocycles. The summed E-state index contributed by atoms with van der Waals surface area (Å²) in [5, 5.41) is 35.1. The molecule has 2 saturated heterocycles.